The van der Waals surface area contributed by atoms with E-state index in [0.29, 0.717) is 13.0 Å². The molecule has 1 aromatic carbocycles. The van der Waals surface area contributed by atoms with Gasteiger partial charge in [-0.15, -0.1) is 0 Å². The third-order valence-corrected chi connectivity index (χ3v) is 5.37. The van der Waals surface area contributed by atoms with Gasteiger partial charge >= 0.3 is 5.97 Å². The first-order chi connectivity index (χ1) is 11.3. The topological polar surface area (TPSA) is 43.4 Å². The molecule has 0 saturated heterocycles. The minimum absolute atomic E-state index is 0.190. The fourth-order valence-corrected chi connectivity index (χ4v) is 4.25. The molecule has 1 saturated carbocycles. The number of esters is 1. The molecule has 1 aliphatic rings. The third-order valence-electron chi connectivity index (χ3n) is 5.37. The second kappa shape index (κ2) is 7.96. The molecule has 0 heterocycles. The van der Waals surface area contributed by atoms with Crippen LogP contribution in [0.25, 0.3) is 0 Å². The fraction of sp³-hybridized carbons (Fsp3) is 0.619. The number of carbonyl (C=O) groups is 2. The Kier molecular flexibility index (Phi) is 6.20. The highest BCUT2D eigenvalue weighted by Gasteiger charge is 2.40. The number of aryl methyl sites for hydroxylation is 3. The summed E-state index contributed by atoms with van der Waals surface area (Å²) < 4.78 is 5.23. The van der Waals surface area contributed by atoms with Gasteiger partial charge in [-0.05, 0) is 63.1 Å². The van der Waals surface area contributed by atoms with Gasteiger partial charge in [0.2, 0.25) is 0 Å². The number of benzene rings is 1. The Morgan fingerprint density at radius 3 is 2.33 bits per heavy atom. The van der Waals surface area contributed by atoms with E-state index >= 15 is 0 Å². The molecular weight excluding hydrogens is 300 g/mol. The van der Waals surface area contributed by atoms with Gasteiger partial charge in [0.15, 0.2) is 0 Å². The fourth-order valence-electron chi connectivity index (χ4n) is 4.25. The Bertz CT molecular complexity index is 595. The lowest BCUT2D eigenvalue weighted by Gasteiger charge is -2.34. The summed E-state index contributed by atoms with van der Waals surface area (Å²) in [4.78, 5) is 25.4. The zero-order valence-electron chi connectivity index (χ0n) is 15.6. The first-order valence-electron chi connectivity index (χ1n) is 9.11. The molecule has 0 aromatic heterocycles. The molecule has 0 bridgehead atoms. The van der Waals surface area contributed by atoms with Crippen molar-refractivity contribution in [3.05, 3.63) is 34.4 Å². The highest BCUT2D eigenvalue weighted by molar-refractivity contribution is 5.89. The quantitative estimate of drug-likeness (QED) is 0.754. The van der Waals surface area contributed by atoms with E-state index in [0.717, 1.165) is 36.0 Å². The van der Waals surface area contributed by atoms with Crippen LogP contribution in [-0.4, -0.2) is 18.4 Å². The number of hydrogen-bond acceptors (Lipinski definition) is 3. The van der Waals surface area contributed by atoms with Gasteiger partial charge in [0.1, 0.15) is 5.78 Å². The van der Waals surface area contributed by atoms with E-state index in [-0.39, 0.29) is 29.5 Å². The van der Waals surface area contributed by atoms with Crippen LogP contribution in [0.1, 0.15) is 55.4 Å². The van der Waals surface area contributed by atoms with Crippen LogP contribution < -0.4 is 0 Å². The summed E-state index contributed by atoms with van der Waals surface area (Å²) in [6.07, 6.45) is 3.20. The summed E-state index contributed by atoms with van der Waals surface area (Å²) >= 11 is 0. The maximum absolute atomic E-state index is 13.1. The largest absolute Gasteiger partial charge is 0.466 e. The van der Waals surface area contributed by atoms with E-state index in [1.54, 1.807) is 0 Å². The monoisotopic (exact) mass is 330 g/mol. The van der Waals surface area contributed by atoms with Crippen molar-refractivity contribution in [3.63, 3.8) is 0 Å². The smallest absolute Gasteiger partial charge is 0.309 e. The molecule has 132 valence electrons. The minimum atomic E-state index is -0.271. The Morgan fingerprint density at radius 1 is 1.12 bits per heavy atom. The van der Waals surface area contributed by atoms with Gasteiger partial charge in [0.25, 0.3) is 0 Å². The van der Waals surface area contributed by atoms with Crippen LogP contribution >= 0.6 is 0 Å². The van der Waals surface area contributed by atoms with E-state index in [2.05, 4.69) is 39.8 Å². The molecule has 3 heteroatoms. The standard InChI is InChI=1S/C21H30O3/c1-6-24-21(23)17-9-7-8-14(3)20(17)19(22)12-18-15(4)10-13(2)11-16(18)5/h10-11,14,17,20H,6-9,12H2,1-5H3. The van der Waals surface area contributed by atoms with E-state index in [1.165, 1.54) is 5.56 Å². The summed E-state index contributed by atoms with van der Waals surface area (Å²) in [5, 5.41) is 0. The van der Waals surface area contributed by atoms with E-state index in [1.807, 2.05) is 6.92 Å². The van der Waals surface area contributed by atoms with E-state index < -0.39 is 0 Å². The lowest BCUT2D eigenvalue weighted by Crippen LogP contribution is -2.39. The number of carbonyl (C=O) groups excluding carboxylic acids is 2. The molecule has 24 heavy (non-hydrogen) atoms. The van der Waals surface area contributed by atoms with Crippen LogP contribution in [0, 0.1) is 38.5 Å². The average Bonchev–Trinajstić information content (AvgIpc) is 2.50. The molecule has 1 fully saturated rings. The number of hydrogen-bond donors (Lipinski definition) is 0. The molecule has 1 aliphatic carbocycles. The van der Waals surface area contributed by atoms with Crippen molar-refractivity contribution in [1.82, 2.24) is 0 Å². The zero-order chi connectivity index (χ0) is 17.9. The molecule has 0 N–H and O–H groups in total. The van der Waals surface area contributed by atoms with Crippen molar-refractivity contribution in [2.75, 3.05) is 6.61 Å². The summed E-state index contributed by atoms with van der Waals surface area (Å²) in [6.45, 7) is 10.5. The number of rotatable bonds is 5. The Morgan fingerprint density at radius 2 is 1.75 bits per heavy atom. The molecular formula is C21H30O3. The average molecular weight is 330 g/mol. The molecule has 0 radical (unpaired) electrons. The first-order valence-corrected chi connectivity index (χ1v) is 9.11. The van der Waals surface area contributed by atoms with Crippen LogP contribution in [0.15, 0.2) is 12.1 Å². The highest BCUT2D eigenvalue weighted by atomic mass is 16.5. The van der Waals surface area contributed by atoms with Crippen molar-refractivity contribution >= 4 is 11.8 Å². The summed E-state index contributed by atoms with van der Waals surface area (Å²) in [5.74, 6) is -0.244. The predicted octanol–water partition coefficient (Wildman–Crippen LogP) is 4.34. The lowest BCUT2D eigenvalue weighted by atomic mass is 9.69. The van der Waals surface area contributed by atoms with Crippen LogP contribution in [0.5, 0.6) is 0 Å². The van der Waals surface area contributed by atoms with Crippen molar-refractivity contribution in [3.8, 4) is 0 Å². The van der Waals surface area contributed by atoms with Crippen LogP contribution in [-0.2, 0) is 20.7 Å². The molecule has 3 atom stereocenters. The summed E-state index contributed by atoms with van der Waals surface area (Å²) in [5.41, 5.74) is 4.66. The van der Waals surface area contributed by atoms with Crippen LogP contribution in [0.2, 0.25) is 0 Å². The van der Waals surface area contributed by atoms with Crippen LogP contribution in [0.4, 0.5) is 0 Å². The number of ketones is 1. The number of Topliss-reactive ketones (excluding diaryl/α,β-unsaturated/α-hetero) is 1. The second-order valence-corrected chi connectivity index (χ2v) is 7.31. The van der Waals surface area contributed by atoms with Crippen molar-refractivity contribution < 1.29 is 14.3 Å². The maximum atomic E-state index is 13.1. The first kappa shape index (κ1) is 18.7. The Labute approximate surface area is 145 Å². The normalized spacial score (nSPS) is 23.8. The summed E-state index contributed by atoms with van der Waals surface area (Å²) in [7, 11) is 0. The second-order valence-electron chi connectivity index (χ2n) is 7.31. The SMILES string of the molecule is CCOC(=O)C1CCCC(C)C1C(=O)Cc1c(C)cc(C)cc1C. The van der Waals surface area contributed by atoms with Crippen LogP contribution in [0.3, 0.4) is 0 Å². The van der Waals surface area contributed by atoms with Gasteiger partial charge in [-0.1, -0.05) is 31.0 Å². The van der Waals surface area contributed by atoms with Crippen molar-refractivity contribution in [2.24, 2.45) is 17.8 Å². The van der Waals surface area contributed by atoms with Crippen molar-refractivity contribution in [2.45, 2.75) is 60.3 Å². The lowest BCUT2D eigenvalue weighted by molar-refractivity contribution is -0.155. The maximum Gasteiger partial charge on any atom is 0.309 e. The van der Waals surface area contributed by atoms with Gasteiger partial charge in [0, 0.05) is 12.3 Å². The third kappa shape index (κ3) is 4.06. The Balaban J connectivity index is 2.23. The molecule has 2 rings (SSSR count). The molecule has 0 aliphatic heterocycles. The molecule has 3 nitrogen and oxygen atoms in total. The summed E-state index contributed by atoms with van der Waals surface area (Å²) in [6, 6.07) is 4.26. The number of ether oxygens (including phenoxy) is 1. The van der Waals surface area contributed by atoms with Gasteiger partial charge in [-0.2, -0.15) is 0 Å². The van der Waals surface area contributed by atoms with Crippen molar-refractivity contribution in [1.29, 1.82) is 0 Å². The molecule has 0 amide bonds. The van der Waals surface area contributed by atoms with Gasteiger partial charge < -0.3 is 4.74 Å². The predicted molar refractivity (Wildman–Crippen MR) is 96.0 cm³/mol. The molecule has 3 unspecified atom stereocenters. The van der Waals surface area contributed by atoms with Gasteiger partial charge in [-0.3, -0.25) is 9.59 Å². The van der Waals surface area contributed by atoms with Gasteiger partial charge in [0.05, 0.1) is 12.5 Å². The zero-order valence-corrected chi connectivity index (χ0v) is 15.6. The Hall–Kier alpha value is -1.64. The van der Waals surface area contributed by atoms with Gasteiger partial charge in [-0.25, -0.2) is 0 Å². The van der Waals surface area contributed by atoms with E-state index in [4.69, 9.17) is 4.74 Å². The highest BCUT2D eigenvalue weighted by Crippen LogP contribution is 2.37. The molecule has 1 aromatic rings. The van der Waals surface area contributed by atoms with E-state index in [9.17, 15) is 9.59 Å². The minimum Gasteiger partial charge on any atom is -0.466 e. The molecule has 0 spiro atoms.